The van der Waals surface area contributed by atoms with E-state index < -0.39 is 87.2 Å². The molecule has 10 atom stereocenters. The number of alkyl halides is 2. The van der Waals surface area contributed by atoms with E-state index in [1.54, 1.807) is 0 Å². The van der Waals surface area contributed by atoms with E-state index in [1.807, 2.05) is 4.98 Å². The largest absolute Gasteiger partial charge is 0.780 e. The molecule has 17 nitrogen and oxygen atoms in total. The molecule has 6 heterocycles. The molecule has 2 unspecified atom stereocenters. The number of hydrogen-bond donors (Lipinski definition) is 2. The third-order valence-electron chi connectivity index (χ3n) is 6.61. The van der Waals surface area contributed by atoms with Gasteiger partial charge < -0.3 is 50.4 Å². The van der Waals surface area contributed by atoms with Crippen molar-refractivity contribution < 1.29 is 45.8 Å². The van der Waals surface area contributed by atoms with Gasteiger partial charge in [0, 0.05) is 12.3 Å². The van der Waals surface area contributed by atoms with Crippen LogP contribution >= 0.6 is 13.5 Å². The number of aromatic nitrogens is 6. The summed E-state index contributed by atoms with van der Waals surface area (Å²) in [6.45, 7) is -10.8. The van der Waals surface area contributed by atoms with E-state index in [0.29, 0.717) is 0 Å². The van der Waals surface area contributed by atoms with E-state index in [2.05, 4.69) is 15.0 Å². The van der Waals surface area contributed by atoms with Crippen LogP contribution < -0.4 is 21.9 Å². The Hall–Kier alpha value is -2.16. The summed E-state index contributed by atoms with van der Waals surface area (Å²) in [5.74, 6) is 0.0207. The number of nitrogens with zero attached hydrogens (tertiary/aromatic N) is 5. The van der Waals surface area contributed by atoms with Gasteiger partial charge in [-0.1, -0.05) is 11.8 Å². The Morgan fingerprint density at radius 3 is 2.55 bits per heavy atom. The zero-order chi connectivity index (χ0) is 30.0. The second kappa shape index (κ2) is 11.1. The van der Waals surface area contributed by atoms with Crippen LogP contribution in [0.25, 0.3) is 11.2 Å². The van der Waals surface area contributed by atoms with Gasteiger partial charge in [0.2, 0.25) is 6.80 Å². The molecular weight excluding hydrogens is 650 g/mol. The van der Waals surface area contributed by atoms with Gasteiger partial charge in [0.05, 0.1) is 19.5 Å². The molecule has 3 aliphatic rings. The summed E-state index contributed by atoms with van der Waals surface area (Å²) < 4.78 is 78.9. The number of aromatic amines is 1. The molecule has 0 amide bonds. The van der Waals surface area contributed by atoms with Crippen LogP contribution in [-0.4, -0.2) is 79.0 Å². The normalized spacial score (nSPS) is 39.3. The molecule has 0 saturated carbocycles. The first-order valence-electron chi connectivity index (χ1n) is 11.9. The van der Waals surface area contributed by atoms with Crippen LogP contribution in [0.2, 0.25) is 0 Å². The van der Waals surface area contributed by atoms with Gasteiger partial charge in [0.25, 0.3) is 5.56 Å². The van der Waals surface area contributed by atoms with Crippen molar-refractivity contribution in [3.05, 3.63) is 45.8 Å². The van der Waals surface area contributed by atoms with E-state index in [9.17, 15) is 19.0 Å². The van der Waals surface area contributed by atoms with Crippen molar-refractivity contribution in [2.24, 2.45) is 0 Å². The molecular formula is C19H19F2N7O10P2S2-2. The molecule has 0 spiro atoms. The van der Waals surface area contributed by atoms with Crippen molar-refractivity contribution in [2.75, 3.05) is 18.9 Å². The number of ether oxygens (including phenoxy) is 2. The highest BCUT2D eigenvalue weighted by Crippen LogP contribution is 2.54. The molecule has 0 radical (unpaired) electrons. The number of rotatable bonds is 2. The number of nitrogens with one attached hydrogen (secondary N) is 1. The predicted molar refractivity (Wildman–Crippen MR) is 140 cm³/mol. The fourth-order valence-electron chi connectivity index (χ4n) is 4.72. The Labute approximate surface area is 243 Å². The first kappa shape index (κ1) is 29.9. The van der Waals surface area contributed by atoms with Crippen molar-refractivity contribution in [2.45, 2.75) is 49.2 Å². The summed E-state index contributed by atoms with van der Waals surface area (Å²) >= 11 is 9.89. The van der Waals surface area contributed by atoms with Crippen LogP contribution in [-0.2, 0) is 56.2 Å². The van der Waals surface area contributed by atoms with Crippen molar-refractivity contribution in [3.8, 4) is 0 Å². The Kier molecular flexibility index (Phi) is 7.89. The quantitative estimate of drug-likeness (QED) is 0.259. The third kappa shape index (κ3) is 5.59. The molecule has 3 aliphatic heterocycles. The zero-order valence-corrected chi connectivity index (χ0v) is 24.1. The van der Waals surface area contributed by atoms with Gasteiger partial charge in [-0.05, 0) is 0 Å². The van der Waals surface area contributed by atoms with Gasteiger partial charge in [-0.15, -0.1) is 0 Å². The number of fused-ring (bicyclic) bond motifs is 4. The number of H-pyrrole nitrogens is 1. The smallest absolute Gasteiger partial charge is 0.330 e. The minimum absolute atomic E-state index is 0.0207. The lowest BCUT2D eigenvalue weighted by molar-refractivity contribution is -0.216. The maximum absolute atomic E-state index is 15.9. The number of imidazole rings is 1. The molecule has 0 aliphatic carbocycles. The van der Waals surface area contributed by atoms with Crippen molar-refractivity contribution in [3.63, 3.8) is 0 Å². The molecule has 3 N–H and O–H groups in total. The first-order chi connectivity index (χ1) is 19.8. The van der Waals surface area contributed by atoms with E-state index in [1.165, 1.54) is 10.9 Å². The lowest BCUT2D eigenvalue weighted by Crippen LogP contribution is -2.37. The molecule has 0 aromatic carbocycles. The third-order valence-corrected chi connectivity index (χ3v) is 9.70. The zero-order valence-electron chi connectivity index (χ0n) is 20.7. The Morgan fingerprint density at radius 1 is 1.05 bits per heavy atom. The van der Waals surface area contributed by atoms with Crippen molar-refractivity contribution >= 4 is 54.6 Å². The monoisotopic (exact) mass is 669 g/mol. The molecule has 3 saturated heterocycles. The summed E-state index contributed by atoms with van der Waals surface area (Å²) in [7, 11) is 0. The first-order valence-corrected chi connectivity index (χ1v) is 17.1. The molecule has 3 aromatic rings. The summed E-state index contributed by atoms with van der Waals surface area (Å²) in [5, 5.41) is 0. The second-order valence-corrected chi connectivity index (χ2v) is 14.7. The fourth-order valence-corrected chi connectivity index (χ4v) is 7.53. The molecule has 23 heteroatoms. The molecule has 2 bridgehead atoms. The summed E-state index contributed by atoms with van der Waals surface area (Å²) in [4.78, 5) is 50.9. The van der Waals surface area contributed by atoms with E-state index in [4.69, 9.17) is 57.4 Å². The number of hydrogen-bond acceptors (Lipinski definition) is 16. The average molecular weight is 669 g/mol. The van der Waals surface area contributed by atoms with Gasteiger partial charge >= 0.3 is 5.69 Å². The SMILES string of the molecule is Nc1ncnc2c1ncn2[C@@H]1O[C@@H]2COP(=O)([S-])O[C@@H]3[C@H](F)[C@@H](COP([O-])(=S)O[C@H]2[C@H]1F)O[C@H]3n1ccc(=O)[nH]c1=O. The molecule has 3 fully saturated rings. The summed E-state index contributed by atoms with van der Waals surface area (Å²) in [6.07, 6.45) is -10.7. The molecule has 6 rings (SSSR count). The van der Waals surface area contributed by atoms with E-state index in [0.717, 1.165) is 23.2 Å². The second-order valence-electron chi connectivity index (χ2n) is 9.25. The maximum atomic E-state index is 15.9. The van der Waals surface area contributed by atoms with Crippen LogP contribution in [0.3, 0.4) is 0 Å². The van der Waals surface area contributed by atoms with Gasteiger partial charge in [0.1, 0.15) is 43.0 Å². The summed E-state index contributed by atoms with van der Waals surface area (Å²) in [6, 6.07) is 0.956. The Morgan fingerprint density at radius 2 is 1.79 bits per heavy atom. The molecule has 228 valence electrons. The highest BCUT2D eigenvalue weighted by Gasteiger charge is 2.52. The minimum atomic E-state index is -4.62. The van der Waals surface area contributed by atoms with Crippen LogP contribution in [0.1, 0.15) is 12.5 Å². The highest BCUT2D eigenvalue weighted by molar-refractivity contribution is 8.32. The maximum Gasteiger partial charge on any atom is 0.330 e. The highest BCUT2D eigenvalue weighted by atomic mass is 32.7. The van der Waals surface area contributed by atoms with Crippen LogP contribution in [0.15, 0.2) is 34.5 Å². The average Bonchev–Trinajstić information content (AvgIpc) is 3.57. The van der Waals surface area contributed by atoms with E-state index >= 15 is 8.78 Å². The van der Waals surface area contributed by atoms with Gasteiger partial charge in [0.15, 0.2) is 36.3 Å². The molecule has 42 heavy (non-hydrogen) atoms. The topological polar surface area (TPSA) is 220 Å². The van der Waals surface area contributed by atoms with Gasteiger partial charge in [-0.25, -0.2) is 28.5 Å². The summed E-state index contributed by atoms with van der Waals surface area (Å²) in [5.41, 5.74) is 4.30. The fraction of sp³-hybridized carbons (Fsp3) is 0.526. The van der Waals surface area contributed by atoms with Crippen LogP contribution in [0.5, 0.6) is 0 Å². The van der Waals surface area contributed by atoms with Gasteiger partial charge in [-0.3, -0.25) is 23.5 Å². The van der Waals surface area contributed by atoms with E-state index in [-0.39, 0.29) is 17.0 Å². The predicted octanol–water partition coefficient (Wildman–Crippen LogP) is -0.513. The number of anilines is 1. The molecule has 3 aromatic heterocycles. The minimum Gasteiger partial charge on any atom is -0.780 e. The Bertz CT molecular complexity index is 1730. The number of nitrogen functional groups attached to an aromatic ring is 1. The van der Waals surface area contributed by atoms with Crippen molar-refractivity contribution in [1.29, 1.82) is 0 Å². The van der Waals surface area contributed by atoms with Crippen LogP contribution in [0, 0.1) is 0 Å². The number of halogens is 2. The van der Waals surface area contributed by atoms with Crippen molar-refractivity contribution in [1.82, 2.24) is 29.1 Å². The standard InChI is InChI=1S/C19H21F2N7O10P2S2/c20-10-7-3-33-39(31,41)37-13-8(36-17(11(13)21)28-6-25-12-15(22)23-5-24-16(12)28)4-34-40(32,42)38-14(10)18(35-7)27-2-1-9(29)26-19(27)30/h1-2,5-8,10-11,13-14,17-18H,3-4H2,(H,31,41)(H,32,42)(H2,22,23,24)(H,26,29,30)/p-2/t7-,8-,10-,11-,13-,14-,17-,18-,39?,40?/m1/s1. The van der Waals surface area contributed by atoms with Gasteiger partial charge in [-0.2, -0.15) is 0 Å². The van der Waals surface area contributed by atoms with Crippen LogP contribution in [0.4, 0.5) is 14.6 Å². The lowest BCUT2D eigenvalue weighted by atomic mass is 10.1. The Balaban J connectivity index is 1.31. The number of nitrogens with two attached hydrogens (primary N) is 1. The lowest BCUT2D eigenvalue weighted by Gasteiger charge is -2.34.